The molecule has 0 spiro atoms. The first-order valence-corrected chi connectivity index (χ1v) is 11.0. The third-order valence-corrected chi connectivity index (χ3v) is 4.94. The molecule has 5 nitrogen and oxygen atoms in total. The SMILES string of the molecule is CCN(C(=O)[C@H](CC(C)C)NS(C)(=O)=O)c1ccc(-c2ccccc2)cc1. The zero-order valence-electron chi connectivity index (χ0n) is 16.3. The number of benzene rings is 2. The van der Waals surface area contributed by atoms with Crippen LogP contribution in [0.25, 0.3) is 11.1 Å². The summed E-state index contributed by atoms with van der Waals surface area (Å²) in [6.45, 7) is 6.28. The highest BCUT2D eigenvalue weighted by Crippen LogP contribution is 2.24. The Morgan fingerprint density at radius 2 is 1.56 bits per heavy atom. The van der Waals surface area contributed by atoms with E-state index in [1.165, 1.54) is 0 Å². The lowest BCUT2D eigenvalue weighted by atomic mass is 10.0. The molecular weight excluding hydrogens is 360 g/mol. The lowest BCUT2D eigenvalue weighted by Crippen LogP contribution is -2.49. The molecule has 2 aromatic rings. The Morgan fingerprint density at radius 3 is 2.04 bits per heavy atom. The zero-order valence-corrected chi connectivity index (χ0v) is 17.2. The van der Waals surface area contributed by atoms with Crippen LogP contribution in [0.1, 0.15) is 27.2 Å². The molecule has 0 radical (unpaired) electrons. The number of carbonyl (C=O) groups excluding carboxylic acids is 1. The van der Waals surface area contributed by atoms with Crippen molar-refractivity contribution in [1.82, 2.24) is 4.72 Å². The van der Waals surface area contributed by atoms with E-state index in [-0.39, 0.29) is 11.8 Å². The van der Waals surface area contributed by atoms with Crippen LogP contribution >= 0.6 is 0 Å². The van der Waals surface area contributed by atoms with Crippen LogP contribution in [0, 0.1) is 5.92 Å². The first-order chi connectivity index (χ1) is 12.7. The van der Waals surface area contributed by atoms with Gasteiger partial charge < -0.3 is 4.90 Å². The monoisotopic (exact) mass is 388 g/mol. The van der Waals surface area contributed by atoms with Crippen LogP contribution in [0.15, 0.2) is 54.6 Å². The van der Waals surface area contributed by atoms with Gasteiger partial charge >= 0.3 is 0 Å². The van der Waals surface area contributed by atoms with Crippen molar-refractivity contribution in [1.29, 1.82) is 0 Å². The Labute approximate surface area is 162 Å². The predicted octanol–water partition coefficient (Wildman–Crippen LogP) is 3.67. The van der Waals surface area contributed by atoms with Crippen molar-refractivity contribution in [3.63, 3.8) is 0 Å². The summed E-state index contributed by atoms with van der Waals surface area (Å²) in [6, 6.07) is 17.0. The highest BCUT2D eigenvalue weighted by atomic mass is 32.2. The third kappa shape index (κ3) is 6.19. The summed E-state index contributed by atoms with van der Waals surface area (Å²) in [4.78, 5) is 14.7. The lowest BCUT2D eigenvalue weighted by Gasteiger charge is -2.27. The van der Waals surface area contributed by atoms with E-state index < -0.39 is 16.1 Å². The fraction of sp³-hybridized carbons (Fsp3) is 0.381. The van der Waals surface area contributed by atoms with Crippen molar-refractivity contribution in [2.24, 2.45) is 5.92 Å². The van der Waals surface area contributed by atoms with E-state index in [2.05, 4.69) is 4.72 Å². The van der Waals surface area contributed by atoms with E-state index in [1.54, 1.807) is 4.90 Å². The third-order valence-electron chi connectivity index (χ3n) is 4.23. The number of nitrogens with one attached hydrogen (secondary N) is 1. The molecule has 1 atom stereocenters. The number of anilines is 1. The van der Waals surface area contributed by atoms with Gasteiger partial charge in [-0.25, -0.2) is 13.1 Å². The largest absolute Gasteiger partial charge is 0.311 e. The van der Waals surface area contributed by atoms with E-state index in [4.69, 9.17) is 0 Å². The summed E-state index contributed by atoms with van der Waals surface area (Å²) in [5.74, 6) is -0.0450. The number of rotatable bonds is 8. The molecule has 1 amide bonds. The average Bonchev–Trinajstić information content (AvgIpc) is 2.61. The van der Waals surface area contributed by atoms with Crippen LogP contribution in [-0.2, 0) is 14.8 Å². The van der Waals surface area contributed by atoms with Crippen molar-refractivity contribution in [2.75, 3.05) is 17.7 Å². The second kappa shape index (κ2) is 9.15. The number of amides is 1. The minimum Gasteiger partial charge on any atom is -0.311 e. The van der Waals surface area contributed by atoms with Gasteiger partial charge in [-0.2, -0.15) is 0 Å². The minimum atomic E-state index is -3.48. The molecule has 0 aromatic heterocycles. The van der Waals surface area contributed by atoms with Gasteiger partial charge in [0, 0.05) is 12.2 Å². The second-order valence-electron chi connectivity index (χ2n) is 7.07. The average molecular weight is 389 g/mol. The smallest absolute Gasteiger partial charge is 0.245 e. The summed E-state index contributed by atoms with van der Waals surface area (Å²) < 4.78 is 25.9. The van der Waals surface area contributed by atoms with E-state index in [1.807, 2.05) is 75.4 Å². The Kier molecular flexibility index (Phi) is 7.16. The Bertz CT molecular complexity index is 847. The number of carbonyl (C=O) groups is 1. The number of hydrogen-bond donors (Lipinski definition) is 1. The van der Waals surface area contributed by atoms with E-state index in [0.717, 1.165) is 23.1 Å². The van der Waals surface area contributed by atoms with Gasteiger partial charge in [0.05, 0.1) is 6.26 Å². The molecule has 0 bridgehead atoms. The minimum absolute atomic E-state index is 0.187. The van der Waals surface area contributed by atoms with Crippen LogP contribution in [0.4, 0.5) is 5.69 Å². The fourth-order valence-corrected chi connectivity index (χ4v) is 3.76. The van der Waals surface area contributed by atoms with Gasteiger partial charge in [-0.3, -0.25) is 4.79 Å². The second-order valence-corrected chi connectivity index (χ2v) is 8.85. The van der Waals surface area contributed by atoms with Gasteiger partial charge in [0.1, 0.15) is 6.04 Å². The van der Waals surface area contributed by atoms with Crippen LogP contribution in [0.3, 0.4) is 0 Å². The Hall–Kier alpha value is -2.18. The number of nitrogens with zero attached hydrogens (tertiary/aromatic N) is 1. The first-order valence-electron chi connectivity index (χ1n) is 9.15. The molecule has 27 heavy (non-hydrogen) atoms. The van der Waals surface area contributed by atoms with Crippen molar-refractivity contribution in [3.05, 3.63) is 54.6 Å². The molecule has 0 aliphatic rings. The molecule has 0 aliphatic heterocycles. The number of likely N-dealkylation sites (N-methyl/N-ethyl adjacent to an activating group) is 1. The fourth-order valence-electron chi connectivity index (χ4n) is 3.05. The molecule has 6 heteroatoms. The molecule has 0 fully saturated rings. The van der Waals surface area contributed by atoms with Crippen molar-refractivity contribution < 1.29 is 13.2 Å². The van der Waals surface area contributed by atoms with Crippen LogP contribution in [0.5, 0.6) is 0 Å². The molecule has 0 unspecified atom stereocenters. The van der Waals surface area contributed by atoms with Crippen LogP contribution in [0.2, 0.25) is 0 Å². The van der Waals surface area contributed by atoms with Crippen LogP contribution < -0.4 is 9.62 Å². The van der Waals surface area contributed by atoms with Crippen molar-refractivity contribution in [2.45, 2.75) is 33.2 Å². The highest BCUT2D eigenvalue weighted by Gasteiger charge is 2.27. The number of hydrogen-bond acceptors (Lipinski definition) is 3. The molecule has 0 saturated heterocycles. The zero-order chi connectivity index (χ0) is 20.0. The quantitative estimate of drug-likeness (QED) is 0.750. The summed E-state index contributed by atoms with van der Waals surface area (Å²) in [7, 11) is -3.48. The predicted molar refractivity (Wildman–Crippen MR) is 111 cm³/mol. The summed E-state index contributed by atoms with van der Waals surface area (Å²) in [5.41, 5.74) is 2.93. The van der Waals surface area contributed by atoms with Crippen molar-refractivity contribution in [3.8, 4) is 11.1 Å². The number of sulfonamides is 1. The molecular formula is C21H28N2O3S. The maximum atomic E-state index is 13.0. The van der Waals surface area contributed by atoms with E-state index >= 15 is 0 Å². The molecule has 0 saturated carbocycles. The summed E-state index contributed by atoms with van der Waals surface area (Å²) in [5, 5.41) is 0. The van der Waals surface area contributed by atoms with Gasteiger partial charge in [0.25, 0.3) is 0 Å². The van der Waals surface area contributed by atoms with Crippen molar-refractivity contribution >= 4 is 21.6 Å². The van der Waals surface area contributed by atoms with Gasteiger partial charge in [0.15, 0.2) is 0 Å². The van der Waals surface area contributed by atoms with Gasteiger partial charge in [-0.1, -0.05) is 56.3 Å². The van der Waals surface area contributed by atoms with Crippen LogP contribution in [-0.4, -0.2) is 33.2 Å². The topological polar surface area (TPSA) is 66.5 Å². The molecule has 1 N–H and O–H groups in total. The van der Waals surface area contributed by atoms with E-state index in [0.29, 0.717) is 13.0 Å². The van der Waals surface area contributed by atoms with E-state index in [9.17, 15) is 13.2 Å². The maximum absolute atomic E-state index is 13.0. The molecule has 0 heterocycles. The molecule has 2 rings (SSSR count). The standard InChI is InChI=1S/C21H28N2O3S/c1-5-23(21(24)20(15-16(2)3)22-27(4,25)26)19-13-11-18(12-14-19)17-9-7-6-8-10-17/h6-14,16,20,22H,5,15H2,1-4H3/t20-/m0/s1. The molecule has 0 aliphatic carbocycles. The first kappa shape index (κ1) is 21.1. The highest BCUT2D eigenvalue weighted by molar-refractivity contribution is 7.88. The van der Waals surface area contributed by atoms with Gasteiger partial charge in [-0.15, -0.1) is 0 Å². The lowest BCUT2D eigenvalue weighted by molar-refractivity contribution is -0.120. The Balaban J connectivity index is 2.26. The molecule has 2 aromatic carbocycles. The summed E-state index contributed by atoms with van der Waals surface area (Å²) >= 11 is 0. The normalized spacial score (nSPS) is 12.8. The van der Waals surface area contributed by atoms with Gasteiger partial charge in [0.2, 0.25) is 15.9 Å². The summed E-state index contributed by atoms with van der Waals surface area (Å²) in [6.07, 6.45) is 1.53. The van der Waals surface area contributed by atoms with Gasteiger partial charge in [-0.05, 0) is 42.5 Å². The molecule has 146 valence electrons. The Morgan fingerprint density at radius 1 is 1.00 bits per heavy atom. The maximum Gasteiger partial charge on any atom is 0.245 e.